The first-order chi connectivity index (χ1) is 9.58. The van der Waals surface area contributed by atoms with E-state index in [0.717, 1.165) is 30.0 Å². The molecule has 0 bridgehead atoms. The first-order valence-corrected chi connectivity index (χ1v) is 8.05. The Balaban J connectivity index is 1.91. The lowest BCUT2D eigenvalue weighted by molar-refractivity contribution is -0.148. The van der Waals surface area contributed by atoms with Gasteiger partial charge in [0, 0.05) is 6.20 Å². The molecule has 2 atom stereocenters. The molecule has 1 saturated carbocycles. The Bertz CT molecular complexity index is 486. The highest BCUT2D eigenvalue weighted by Crippen LogP contribution is 2.38. The topological polar surface area (TPSA) is 65.2 Å². The number of thioether (sulfide) groups is 1. The Morgan fingerprint density at radius 3 is 3.20 bits per heavy atom. The van der Waals surface area contributed by atoms with E-state index >= 15 is 0 Å². The van der Waals surface area contributed by atoms with E-state index in [9.17, 15) is 4.79 Å². The van der Waals surface area contributed by atoms with Gasteiger partial charge in [0.1, 0.15) is 10.6 Å². The summed E-state index contributed by atoms with van der Waals surface area (Å²) >= 11 is 7.67. The van der Waals surface area contributed by atoms with Crippen molar-refractivity contribution in [2.24, 2.45) is 11.7 Å². The van der Waals surface area contributed by atoms with Crippen LogP contribution in [0.5, 0.6) is 0 Å². The number of hydrogen-bond acceptors (Lipinski definition) is 5. The third-order valence-corrected chi connectivity index (χ3v) is 5.32. The Morgan fingerprint density at radius 2 is 2.50 bits per heavy atom. The maximum absolute atomic E-state index is 11.8. The number of carbonyl (C=O) groups excluding carboxylic acids is 1. The zero-order chi connectivity index (χ0) is 14.6. The summed E-state index contributed by atoms with van der Waals surface area (Å²) in [5.74, 6) is 0.725. The first kappa shape index (κ1) is 15.6. The van der Waals surface area contributed by atoms with Crippen LogP contribution in [0.4, 0.5) is 0 Å². The molecule has 2 N–H and O–H groups in total. The highest BCUT2D eigenvalue weighted by Gasteiger charge is 2.46. The third kappa shape index (κ3) is 3.27. The van der Waals surface area contributed by atoms with Crippen molar-refractivity contribution in [3.8, 4) is 0 Å². The lowest BCUT2D eigenvalue weighted by Gasteiger charge is -2.28. The van der Waals surface area contributed by atoms with Crippen molar-refractivity contribution in [2.75, 3.05) is 12.9 Å². The number of methoxy groups -OCH3 is 1. The molecular weight excluding hydrogens is 296 g/mol. The molecule has 1 aliphatic rings. The number of aromatic nitrogens is 1. The van der Waals surface area contributed by atoms with Gasteiger partial charge in [-0.25, -0.2) is 4.98 Å². The van der Waals surface area contributed by atoms with Crippen LogP contribution in [0.1, 0.15) is 25.7 Å². The molecule has 0 radical (unpaired) electrons. The van der Waals surface area contributed by atoms with Crippen LogP contribution in [0, 0.1) is 5.92 Å². The molecule has 1 heterocycles. The number of nitrogens with zero attached hydrogens (tertiary/aromatic N) is 1. The summed E-state index contributed by atoms with van der Waals surface area (Å²) in [4.78, 5) is 16.1. The van der Waals surface area contributed by atoms with Crippen molar-refractivity contribution in [2.45, 2.75) is 36.2 Å². The van der Waals surface area contributed by atoms with Gasteiger partial charge in [0.25, 0.3) is 0 Å². The Kier molecular flexibility index (Phi) is 5.29. The second kappa shape index (κ2) is 6.78. The molecule has 2 unspecified atom stereocenters. The van der Waals surface area contributed by atoms with Crippen LogP contribution in [0.15, 0.2) is 23.4 Å². The molecule has 110 valence electrons. The SMILES string of the molecule is COC(=O)C1(N)CCCC1CCSc1ncccc1Cl. The van der Waals surface area contributed by atoms with Crippen molar-refractivity contribution in [1.29, 1.82) is 0 Å². The Morgan fingerprint density at radius 1 is 1.70 bits per heavy atom. The van der Waals surface area contributed by atoms with E-state index in [-0.39, 0.29) is 11.9 Å². The maximum Gasteiger partial charge on any atom is 0.326 e. The number of hydrogen-bond donors (Lipinski definition) is 1. The number of esters is 1. The van der Waals surface area contributed by atoms with Gasteiger partial charge >= 0.3 is 5.97 Å². The van der Waals surface area contributed by atoms with Gasteiger partial charge in [0.05, 0.1) is 12.1 Å². The molecule has 0 amide bonds. The van der Waals surface area contributed by atoms with Gasteiger partial charge in [-0.05, 0) is 43.1 Å². The van der Waals surface area contributed by atoms with Crippen LogP contribution in [0.2, 0.25) is 5.02 Å². The summed E-state index contributed by atoms with van der Waals surface area (Å²) < 4.78 is 4.85. The second-order valence-electron chi connectivity index (χ2n) is 5.05. The zero-order valence-corrected chi connectivity index (χ0v) is 13.0. The van der Waals surface area contributed by atoms with E-state index in [4.69, 9.17) is 22.1 Å². The van der Waals surface area contributed by atoms with Gasteiger partial charge in [-0.15, -0.1) is 11.8 Å². The van der Waals surface area contributed by atoms with Crippen LogP contribution >= 0.6 is 23.4 Å². The number of nitrogens with two attached hydrogens (primary N) is 1. The fourth-order valence-corrected chi connectivity index (χ4v) is 3.96. The number of carbonyl (C=O) groups is 1. The maximum atomic E-state index is 11.8. The summed E-state index contributed by atoms with van der Waals surface area (Å²) in [5, 5.41) is 1.49. The Labute approximate surface area is 128 Å². The lowest BCUT2D eigenvalue weighted by Crippen LogP contribution is -2.51. The summed E-state index contributed by atoms with van der Waals surface area (Å²) in [6.07, 6.45) is 5.25. The summed E-state index contributed by atoms with van der Waals surface area (Å²) in [6.45, 7) is 0. The molecule has 1 aromatic heterocycles. The smallest absolute Gasteiger partial charge is 0.326 e. The largest absolute Gasteiger partial charge is 0.468 e. The third-order valence-electron chi connectivity index (χ3n) is 3.87. The standard InChI is InChI=1S/C14H19ClN2O2S/c1-19-13(18)14(16)7-2-4-10(14)6-9-20-12-11(15)5-3-8-17-12/h3,5,8,10H,2,4,6-7,9,16H2,1H3. The summed E-state index contributed by atoms with van der Waals surface area (Å²) in [5.41, 5.74) is 5.42. The fourth-order valence-electron chi connectivity index (χ4n) is 2.74. The molecule has 0 spiro atoms. The van der Waals surface area contributed by atoms with Crippen LogP contribution in [0.3, 0.4) is 0 Å². The first-order valence-electron chi connectivity index (χ1n) is 6.68. The van der Waals surface area contributed by atoms with Gasteiger partial charge in [-0.3, -0.25) is 4.79 Å². The molecule has 20 heavy (non-hydrogen) atoms. The molecule has 0 aromatic carbocycles. The average Bonchev–Trinajstić information content (AvgIpc) is 2.83. The quantitative estimate of drug-likeness (QED) is 0.668. The van der Waals surface area contributed by atoms with Crippen LogP contribution in [-0.2, 0) is 9.53 Å². The van der Waals surface area contributed by atoms with E-state index in [1.165, 1.54) is 7.11 Å². The van der Waals surface area contributed by atoms with E-state index in [1.54, 1.807) is 18.0 Å². The van der Waals surface area contributed by atoms with E-state index in [2.05, 4.69) is 4.98 Å². The van der Waals surface area contributed by atoms with E-state index < -0.39 is 5.54 Å². The van der Waals surface area contributed by atoms with Crippen LogP contribution in [0.25, 0.3) is 0 Å². The molecule has 6 heteroatoms. The lowest BCUT2D eigenvalue weighted by atomic mass is 9.86. The number of ether oxygens (including phenoxy) is 1. The molecular formula is C14H19ClN2O2S. The minimum absolute atomic E-state index is 0.171. The molecule has 1 aliphatic carbocycles. The summed E-state index contributed by atoms with van der Waals surface area (Å²) in [7, 11) is 1.40. The van der Waals surface area contributed by atoms with Gasteiger partial charge < -0.3 is 10.5 Å². The van der Waals surface area contributed by atoms with E-state index in [0.29, 0.717) is 11.4 Å². The molecule has 2 rings (SSSR count). The average molecular weight is 315 g/mol. The van der Waals surface area contributed by atoms with Crippen molar-refractivity contribution >= 4 is 29.3 Å². The Hall–Kier alpha value is -0.780. The van der Waals surface area contributed by atoms with E-state index in [1.807, 2.05) is 12.1 Å². The second-order valence-corrected chi connectivity index (χ2v) is 6.54. The summed E-state index contributed by atoms with van der Waals surface area (Å²) in [6, 6.07) is 3.64. The van der Waals surface area contributed by atoms with Crippen molar-refractivity contribution in [3.63, 3.8) is 0 Å². The molecule has 1 aromatic rings. The number of rotatable bonds is 5. The predicted octanol–water partition coefficient (Wildman–Crippen LogP) is 2.89. The van der Waals surface area contributed by atoms with Gasteiger partial charge in [0.2, 0.25) is 0 Å². The number of halogens is 1. The van der Waals surface area contributed by atoms with Crippen LogP contribution in [-0.4, -0.2) is 29.4 Å². The van der Waals surface area contributed by atoms with Crippen molar-refractivity contribution in [1.82, 2.24) is 4.98 Å². The minimum Gasteiger partial charge on any atom is -0.468 e. The normalized spacial score (nSPS) is 25.6. The van der Waals surface area contributed by atoms with Gasteiger partial charge in [-0.1, -0.05) is 18.0 Å². The molecule has 0 aliphatic heterocycles. The van der Waals surface area contributed by atoms with Gasteiger partial charge in [0.15, 0.2) is 0 Å². The molecule has 0 saturated heterocycles. The van der Waals surface area contributed by atoms with Crippen molar-refractivity contribution in [3.05, 3.63) is 23.4 Å². The number of pyridine rings is 1. The highest BCUT2D eigenvalue weighted by atomic mass is 35.5. The monoisotopic (exact) mass is 314 g/mol. The predicted molar refractivity (Wildman–Crippen MR) is 80.9 cm³/mol. The molecule has 1 fully saturated rings. The van der Waals surface area contributed by atoms with Crippen LogP contribution < -0.4 is 5.73 Å². The highest BCUT2D eigenvalue weighted by molar-refractivity contribution is 7.99. The fraction of sp³-hybridized carbons (Fsp3) is 0.571. The minimum atomic E-state index is -0.816. The van der Waals surface area contributed by atoms with Gasteiger partial charge in [-0.2, -0.15) is 0 Å². The van der Waals surface area contributed by atoms with Crippen molar-refractivity contribution < 1.29 is 9.53 Å². The zero-order valence-electron chi connectivity index (χ0n) is 11.5. The molecule has 4 nitrogen and oxygen atoms in total.